The molecule has 1 amide bonds. The van der Waals surface area contributed by atoms with Gasteiger partial charge in [0.2, 0.25) is 0 Å². The van der Waals surface area contributed by atoms with Gasteiger partial charge in [0.15, 0.2) is 0 Å². The van der Waals surface area contributed by atoms with Crippen LogP contribution in [0.25, 0.3) is 0 Å². The van der Waals surface area contributed by atoms with E-state index >= 15 is 0 Å². The number of amides is 1. The van der Waals surface area contributed by atoms with Crippen LogP contribution in [0, 0.1) is 0 Å². The van der Waals surface area contributed by atoms with E-state index < -0.39 is 0 Å². The van der Waals surface area contributed by atoms with Crippen molar-refractivity contribution in [2.24, 2.45) is 4.99 Å². The van der Waals surface area contributed by atoms with E-state index in [4.69, 9.17) is 4.99 Å². The van der Waals surface area contributed by atoms with Gasteiger partial charge in [-0.3, -0.25) is 4.79 Å². The first kappa shape index (κ1) is 17.6. The van der Waals surface area contributed by atoms with Crippen LogP contribution in [0.15, 0.2) is 53.5 Å². The van der Waals surface area contributed by atoms with Gasteiger partial charge in [-0.15, -0.1) is 0 Å². The molecule has 1 saturated carbocycles. The molecule has 0 atom stereocenters. The Bertz CT molecular complexity index is 868. The van der Waals surface area contributed by atoms with Gasteiger partial charge in [-0.25, -0.2) is 4.99 Å². The number of para-hydroxylation sites is 2. The molecular weight excluding hydrogens is 336 g/mol. The van der Waals surface area contributed by atoms with Crippen LogP contribution < -0.4 is 16.0 Å². The lowest BCUT2D eigenvalue weighted by atomic mass is 9.79. The summed E-state index contributed by atoms with van der Waals surface area (Å²) in [5.41, 5.74) is 3.63. The molecule has 0 aromatic heterocycles. The number of hydrogen-bond acceptors (Lipinski definition) is 4. The van der Waals surface area contributed by atoms with Crippen LogP contribution in [0.2, 0.25) is 0 Å². The van der Waals surface area contributed by atoms with Crippen LogP contribution in [-0.2, 0) is 6.54 Å². The lowest BCUT2D eigenvalue weighted by Crippen LogP contribution is -2.54. The molecule has 140 valence electrons. The molecule has 4 rings (SSSR count). The highest BCUT2D eigenvalue weighted by molar-refractivity contribution is 6.00. The Labute approximate surface area is 160 Å². The Morgan fingerprint density at radius 2 is 1.81 bits per heavy atom. The summed E-state index contributed by atoms with van der Waals surface area (Å²) in [5.74, 6) is 0.932. The van der Waals surface area contributed by atoms with Crippen molar-refractivity contribution in [3.8, 4) is 0 Å². The number of carbonyl (C=O) groups is 1. The molecule has 0 unspecified atom stereocenters. The van der Waals surface area contributed by atoms with Crippen molar-refractivity contribution < 1.29 is 4.79 Å². The number of nitrogens with zero attached hydrogens (tertiary/aromatic N) is 1. The predicted molar refractivity (Wildman–Crippen MR) is 110 cm³/mol. The van der Waals surface area contributed by atoms with Crippen molar-refractivity contribution in [1.29, 1.82) is 0 Å². The highest BCUT2D eigenvalue weighted by atomic mass is 16.1. The molecule has 5 nitrogen and oxygen atoms in total. The SMILES string of the molecule is CNC(=O)c1ccccc1CNC1=Nc2ccccc2NC12CCCCC2. The van der Waals surface area contributed by atoms with Gasteiger partial charge in [-0.1, -0.05) is 49.6 Å². The lowest BCUT2D eigenvalue weighted by molar-refractivity contribution is 0.0962. The highest BCUT2D eigenvalue weighted by Crippen LogP contribution is 2.40. The molecule has 1 heterocycles. The minimum atomic E-state index is -0.130. The van der Waals surface area contributed by atoms with Gasteiger partial charge in [0.05, 0.1) is 16.9 Å². The quantitative estimate of drug-likeness (QED) is 0.773. The van der Waals surface area contributed by atoms with E-state index in [0.29, 0.717) is 12.1 Å². The van der Waals surface area contributed by atoms with Gasteiger partial charge < -0.3 is 16.0 Å². The van der Waals surface area contributed by atoms with Gasteiger partial charge in [0.25, 0.3) is 5.91 Å². The lowest BCUT2D eigenvalue weighted by Gasteiger charge is -2.42. The monoisotopic (exact) mass is 362 g/mol. The van der Waals surface area contributed by atoms with E-state index in [-0.39, 0.29) is 11.4 Å². The Balaban J connectivity index is 1.63. The minimum absolute atomic E-state index is 0.0613. The first-order chi connectivity index (χ1) is 13.2. The zero-order valence-corrected chi connectivity index (χ0v) is 15.7. The summed E-state index contributed by atoms with van der Waals surface area (Å²) in [5, 5.41) is 10.1. The first-order valence-corrected chi connectivity index (χ1v) is 9.72. The third-order valence-electron chi connectivity index (χ3n) is 5.61. The van der Waals surface area contributed by atoms with Gasteiger partial charge in [-0.05, 0) is 36.6 Å². The molecule has 1 fully saturated rings. The summed E-state index contributed by atoms with van der Waals surface area (Å²) >= 11 is 0. The number of hydrogen-bond donors (Lipinski definition) is 3. The summed E-state index contributed by atoms with van der Waals surface area (Å²) in [7, 11) is 1.66. The zero-order chi connectivity index (χ0) is 18.7. The number of anilines is 1. The van der Waals surface area contributed by atoms with Gasteiger partial charge in [0.1, 0.15) is 5.84 Å². The summed E-state index contributed by atoms with van der Waals surface area (Å²) in [4.78, 5) is 17.1. The highest BCUT2D eigenvalue weighted by Gasteiger charge is 2.40. The van der Waals surface area contributed by atoms with E-state index in [2.05, 4.69) is 28.1 Å². The molecule has 2 aromatic rings. The summed E-state index contributed by atoms with van der Waals surface area (Å²) in [6, 6.07) is 15.9. The predicted octanol–water partition coefficient (Wildman–Crippen LogP) is 3.99. The second kappa shape index (κ2) is 7.43. The molecule has 27 heavy (non-hydrogen) atoms. The molecule has 1 spiro atoms. The second-order valence-electron chi connectivity index (χ2n) is 7.34. The van der Waals surface area contributed by atoms with Crippen molar-refractivity contribution in [3.63, 3.8) is 0 Å². The fraction of sp³-hybridized carbons (Fsp3) is 0.364. The number of aliphatic imine (C=N–C) groups is 1. The Morgan fingerprint density at radius 3 is 2.63 bits per heavy atom. The molecule has 2 aliphatic rings. The normalized spacial score (nSPS) is 17.4. The first-order valence-electron chi connectivity index (χ1n) is 9.72. The molecule has 0 bridgehead atoms. The van der Waals surface area contributed by atoms with E-state index in [1.807, 2.05) is 36.4 Å². The van der Waals surface area contributed by atoms with Gasteiger partial charge in [-0.2, -0.15) is 0 Å². The van der Waals surface area contributed by atoms with E-state index in [1.165, 1.54) is 19.3 Å². The molecule has 0 saturated heterocycles. The zero-order valence-electron chi connectivity index (χ0n) is 15.7. The number of nitrogens with one attached hydrogen (secondary N) is 3. The Hall–Kier alpha value is -2.82. The van der Waals surface area contributed by atoms with Crippen LogP contribution >= 0.6 is 0 Å². The molecule has 5 heteroatoms. The van der Waals surface area contributed by atoms with Crippen molar-refractivity contribution in [2.45, 2.75) is 44.2 Å². The summed E-state index contributed by atoms with van der Waals surface area (Å²) in [6.07, 6.45) is 5.82. The fourth-order valence-electron chi connectivity index (χ4n) is 4.16. The van der Waals surface area contributed by atoms with Crippen molar-refractivity contribution >= 4 is 23.1 Å². The maximum atomic E-state index is 12.2. The van der Waals surface area contributed by atoms with Crippen LogP contribution in [0.5, 0.6) is 0 Å². The topological polar surface area (TPSA) is 65.5 Å². The molecule has 3 N–H and O–H groups in total. The maximum absolute atomic E-state index is 12.2. The third kappa shape index (κ3) is 3.42. The van der Waals surface area contributed by atoms with Crippen LogP contribution in [0.4, 0.5) is 11.4 Å². The van der Waals surface area contributed by atoms with Crippen molar-refractivity contribution in [3.05, 3.63) is 59.7 Å². The Kier molecular flexibility index (Phi) is 4.84. The number of benzene rings is 2. The second-order valence-corrected chi connectivity index (χ2v) is 7.34. The fourth-order valence-corrected chi connectivity index (χ4v) is 4.16. The maximum Gasteiger partial charge on any atom is 0.251 e. The smallest absolute Gasteiger partial charge is 0.251 e. The number of carbonyl (C=O) groups excluding carboxylic acids is 1. The van der Waals surface area contributed by atoms with Crippen molar-refractivity contribution in [2.75, 3.05) is 12.4 Å². The van der Waals surface area contributed by atoms with E-state index in [9.17, 15) is 4.79 Å². The summed E-state index contributed by atoms with van der Waals surface area (Å²) < 4.78 is 0. The molecule has 0 radical (unpaired) electrons. The number of fused-ring (bicyclic) bond motifs is 1. The Morgan fingerprint density at radius 1 is 1.07 bits per heavy atom. The van der Waals surface area contributed by atoms with Crippen LogP contribution in [0.3, 0.4) is 0 Å². The molecule has 2 aromatic carbocycles. The number of rotatable bonds is 3. The van der Waals surface area contributed by atoms with Crippen LogP contribution in [0.1, 0.15) is 48.0 Å². The average Bonchev–Trinajstić information content (AvgIpc) is 2.72. The minimum Gasteiger partial charge on any atom is -0.371 e. The van der Waals surface area contributed by atoms with E-state index in [1.54, 1.807) is 7.05 Å². The summed E-state index contributed by atoms with van der Waals surface area (Å²) in [6.45, 7) is 0.577. The average molecular weight is 362 g/mol. The van der Waals surface area contributed by atoms with E-state index in [0.717, 1.165) is 35.6 Å². The standard InChI is InChI=1S/C22H26N4O/c1-23-20(27)17-10-4-3-9-16(17)15-24-21-22(13-7-2-8-14-22)26-19-12-6-5-11-18(19)25-21/h3-6,9-12,26H,2,7-8,13-15H2,1H3,(H,23,27)(H,24,25). The largest absolute Gasteiger partial charge is 0.371 e. The van der Waals surface area contributed by atoms with Gasteiger partial charge >= 0.3 is 0 Å². The van der Waals surface area contributed by atoms with Crippen molar-refractivity contribution in [1.82, 2.24) is 10.6 Å². The van der Waals surface area contributed by atoms with Crippen LogP contribution in [-0.4, -0.2) is 24.3 Å². The number of amidine groups is 1. The molecule has 1 aliphatic carbocycles. The van der Waals surface area contributed by atoms with Gasteiger partial charge in [0, 0.05) is 19.2 Å². The molecular formula is C22H26N4O. The molecule has 1 aliphatic heterocycles. The third-order valence-corrected chi connectivity index (χ3v) is 5.61.